The number of sulfonamides is 1. The van der Waals surface area contributed by atoms with Gasteiger partial charge in [-0.25, -0.2) is 17.2 Å². The van der Waals surface area contributed by atoms with E-state index in [0.717, 1.165) is 46.7 Å². The molecule has 0 unspecified atom stereocenters. The average Bonchev–Trinajstić information content (AvgIpc) is 2.84. The molecule has 0 aromatic heterocycles. The van der Waals surface area contributed by atoms with Gasteiger partial charge in [0.25, 0.3) is 0 Å². The summed E-state index contributed by atoms with van der Waals surface area (Å²) in [6.07, 6.45) is 3.24. The summed E-state index contributed by atoms with van der Waals surface area (Å²) in [5.74, 6) is -2.76. The number of carbonyl (C=O) groups is 2. The fourth-order valence-electron chi connectivity index (χ4n) is 3.96. The first-order chi connectivity index (χ1) is 17.5. The Hall–Kier alpha value is -3.01. The molecule has 0 fully saturated rings. The van der Waals surface area contributed by atoms with Crippen LogP contribution in [0.2, 0.25) is 0 Å². The topological polar surface area (TPSA) is 86.8 Å². The lowest BCUT2D eigenvalue weighted by Gasteiger charge is -2.31. The van der Waals surface area contributed by atoms with E-state index < -0.39 is 27.7 Å². The molecule has 2 aromatic rings. The Morgan fingerprint density at radius 3 is 2.24 bits per heavy atom. The molecule has 0 aliphatic heterocycles. The Balaban J connectivity index is 2.20. The van der Waals surface area contributed by atoms with E-state index in [1.54, 1.807) is 0 Å². The maximum Gasteiger partial charge on any atom is 0.242 e. The van der Waals surface area contributed by atoms with Crippen molar-refractivity contribution in [3.05, 3.63) is 65.2 Å². The molecule has 0 saturated carbocycles. The van der Waals surface area contributed by atoms with Gasteiger partial charge in [0, 0.05) is 32.1 Å². The van der Waals surface area contributed by atoms with Crippen LogP contribution in [0.4, 0.5) is 14.5 Å². The highest BCUT2D eigenvalue weighted by atomic mass is 32.2. The van der Waals surface area contributed by atoms with Gasteiger partial charge in [0.15, 0.2) is 11.6 Å². The lowest BCUT2D eigenvalue weighted by Crippen LogP contribution is -2.49. The fourth-order valence-corrected chi connectivity index (χ4v) is 4.92. The fraction of sp³-hybridized carbons (Fsp3) is 0.481. The monoisotopic (exact) mass is 537 g/mol. The van der Waals surface area contributed by atoms with E-state index in [1.807, 2.05) is 45.0 Å². The quantitative estimate of drug-likeness (QED) is 0.359. The highest BCUT2D eigenvalue weighted by Crippen LogP contribution is 2.22. The molecule has 0 aliphatic rings. The lowest BCUT2D eigenvalue weighted by molar-refractivity contribution is -0.141. The van der Waals surface area contributed by atoms with Gasteiger partial charge in [-0.2, -0.15) is 0 Å². The number of amides is 2. The number of nitrogens with zero attached hydrogens (tertiary/aromatic N) is 2. The normalized spacial score (nSPS) is 12.2. The molecule has 7 nitrogen and oxygen atoms in total. The number of halogens is 2. The predicted octanol–water partition coefficient (Wildman–Crippen LogP) is 4.54. The van der Waals surface area contributed by atoms with Crippen molar-refractivity contribution in [3.8, 4) is 0 Å². The predicted molar refractivity (Wildman–Crippen MR) is 142 cm³/mol. The van der Waals surface area contributed by atoms with Crippen molar-refractivity contribution in [2.24, 2.45) is 0 Å². The molecular weight excluding hydrogens is 500 g/mol. The summed E-state index contributed by atoms with van der Waals surface area (Å²) < 4.78 is 52.7. The number of hydrogen-bond acceptors (Lipinski definition) is 4. The Kier molecular flexibility index (Phi) is 11.5. The first kappa shape index (κ1) is 30.2. The highest BCUT2D eigenvalue weighted by Gasteiger charge is 2.28. The summed E-state index contributed by atoms with van der Waals surface area (Å²) in [4.78, 5) is 27.9. The second-order valence-electron chi connectivity index (χ2n) is 9.11. The Bertz CT molecular complexity index is 1160. The first-order valence-electron chi connectivity index (χ1n) is 12.5. The average molecular weight is 538 g/mol. The summed E-state index contributed by atoms with van der Waals surface area (Å²) in [6, 6.07) is 9.87. The van der Waals surface area contributed by atoms with Gasteiger partial charge >= 0.3 is 0 Å². The second-order valence-corrected chi connectivity index (χ2v) is 11.0. The number of nitrogens with one attached hydrogen (secondary N) is 1. The molecule has 2 amide bonds. The minimum atomic E-state index is -3.81. The molecule has 37 heavy (non-hydrogen) atoms. The van der Waals surface area contributed by atoms with Crippen molar-refractivity contribution < 1.29 is 26.8 Å². The summed E-state index contributed by atoms with van der Waals surface area (Å²) in [6.45, 7) is 6.48. The zero-order chi connectivity index (χ0) is 27.6. The number of carbonyl (C=O) groups excluding carboxylic acids is 2. The molecule has 0 radical (unpaired) electrons. The summed E-state index contributed by atoms with van der Waals surface area (Å²) in [5.41, 5.74) is 1.93. The van der Waals surface area contributed by atoms with E-state index >= 15 is 0 Å². The molecule has 204 valence electrons. The van der Waals surface area contributed by atoms with Gasteiger partial charge in [0.1, 0.15) is 6.04 Å². The summed E-state index contributed by atoms with van der Waals surface area (Å²) >= 11 is 0. The van der Waals surface area contributed by atoms with Crippen molar-refractivity contribution >= 4 is 27.5 Å². The lowest BCUT2D eigenvalue weighted by atomic mass is 10.1. The Morgan fingerprint density at radius 1 is 1.00 bits per heavy atom. The molecule has 0 heterocycles. The van der Waals surface area contributed by atoms with Gasteiger partial charge in [0.2, 0.25) is 21.8 Å². The van der Waals surface area contributed by atoms with Crippen LogP contribution in [-0.2, 0) is 26.2 Å². The molecule has 0 bridgehead atoms. The third-order valence-corrected chi connectivity index (χ3v) is 7.23. The van der Waals surface area contributed by atoms with Crippen LogP contribution in [0, 0.1) is 18.6 Å². The van der Waals surface area contributed by atoms with E-state index in [4.69, 9.17) is 0 Å². The minimum Gasteiger partial charge on any atom is -0.354 e. The largest absolute Gasteiger partial charge is 0.354 e. The first-order valence-corrected chi connectivity index (χ1v) is 14.4. The number of rotatable bonds is 14. The van der Waals surface area contributed by atoms with Crippen molar-refractivity contribution in [1.29, 1.82) is 0 Å². The van der Waals surface area contributed by atoms with Crippen LogP contribution in [0.1, 0.15) is 57.1 Å². The molecule has 0 spiro atoms. The zero-order valence-electron chi connectivity index (χ0n) is 22.0. The van der Waals surface area contributed by atoms with Crippen LogP contribution in [0.25, 0.3) is 0 Å². The van der Waals surface area contributed by atoms with E-state index in [9.17, 15) is 26.8 Å². The van der Waals surface area contributed by atoms with Crippen LogP contribution >= 0.6 is 0 Å². The maximum atomic E-state index is 13.7. The van der Waals surface area contributed by atoms with Crippen molar-refractivity contribution in [2.45, 2.75) is 65.5 Å². The maximum absolute atomic E-state index is 13.7. The Labute approximate surface area is 218 Å². The molecular formula is C27H37F2N3O4S. The number of benzene rings is 2. The summed E-state index contributed by atoms with van der Waals surface area (Å²) in [5, 5.41) is 2.90. The number of anilines is 1. The molecule has 0 aliphatic carbocycles. The number of hydrogen-bond donors (Lipinski definition) is 1. The second kappa shape index (κ2) is 14.1. The van der Waals surface area contributed by atoms with Gasteiger partial charge in [-0.15, -0.1) is 0 Å². The van der Waals surface area contributed by atoms with E-state index in [1.165, 1.54) is 11.0 Å². The molecule has 1 atom stereocenters. The smallest absolute Gasteiger partial charge is 0.242 e. The van der Waals surface area contributed by atoms with E-state index in [0.29, 0.717) is 13.0 Å². The summed E-state index contributed by atoms with van der Waals surface area (Å²) in [7, 11) is -3.81. The standard InChI is InChI=1S/C27H37F2N3O4S/c1-5-7-16-30-27(34)25(6-2)31(19-21-12-10-20(3)11-13-21)26(33)9-8-17-32(37(4,35)36)22-14-15-23(28)24(29)18-22/h10-15,18,25H,5-9,16-17,19H2,1-4H3,(H,30,34)/t25-/m0/s1. The van der Waals surface area contributed by atoms with Gasteiger partial charge in [-0.05, 0) is 43.9 Å². The van der Waals surface area contributed by atoms with Crippen LogP contribution in [0.5, 0.6) is 0 Å². The van der Waals surface area contributed by atoms with Crippen molar-refractivity contribution in [2.75, 3.05) is 23.7 Å². The third kappa shape index (κ3) is 9.10. The SMILES string of the molecule is CCCCNC(=O)[C@H](CC)N(Cc1ccc(C)cc1)C(=O)CCCN(c1ccc(F)c(F)c1)S(C)(=O)=O. The van der Waals surface area contributed by atoms with E-state index in [2.05, 4.69) is 5.32 Å². The number of aryl methyl sites for hydroxylation is 1. The van der Waals surface area contributed by atoms with Crippen molar-refractivity contribution in [1.82, 2.24) is 10.2 Å². The van der Waals surface area contributed by atoms with Gasteiger partial charge in [-0.3, -0.25) is 13.9 Å². The molecule has 1 N–H and O–H groups in total. The van der Waals surface area contributed by atoms with E-state index in [-0.39, 0.29) is 43.4 Å². The highest BCUT2D eigenvalue weighted by molar-refractivity contribution is 7.92. The number of unbranched alkanes of at least 4 members (excludes halogenated alkanes) is 1. The van der Waals surface area contributed by atoms with Crippen LogP contribution in [0.15, 0.2) is 42.5 Å². The third-order valence-electron chi connectivity index (χ3n) is 6.03. The zero-order valence-corrected chi connectivity index (χ0v) is 22.8. The van der Waals surface area contributed by atoms with Crippen LogP contribution in [-0.4, -0.2) is 50.5 Å². The molecule has 0 saturated heterocycles. The van der Waals surface area contributed by atoms with Crippen molar-refractivity contribution in [3.63, 3.8) is 0 Å². The Morgan fingerprint density at radius 2 is 1.68 bits per heavy atom. The molecule has 2 aromatic carbocycles. The van der Waals surface area contributed by atoms with Gasteiger partial charge in [0.05, 0.1) is 11.9 Å². The molecule has 2 rings (SSSR count). The molecule has 10 heteroatoms. The van der Waals surface area contributed by atoms with Gasteiger partial charge < -0.3 is 10.2 Å². The van der Waals surface area contributed by atoms with Crippen LogP contribution in [0.3, 0.4) is 0 Å². The minimum absolute atomic E-state index is 0.0212. The van der Waals surface area contributed by atoms with Crippen LogP contribution < -0.4 is 9.62 Å². The van der Waals surface area contributed by atoms with Gasteiger partial charge in [-0.1, -0.05) is 50.1 Å².